The molecule has 1 saturated carbocycles. The van der Waals surface area contributed by atoms with Crippen molar-refractivity contribution in [3.05, 3.63) is 59.8 Å². The molecule has 0 bridgehead atoms. The number of carbonyl (C=O) groups is 3. The molecular weight excluding hydrogens is 468 g/mol. The molecule has 2 aromatic carbocycles. The van der Waals surface area contributed by atoms with Gasteiger partial charge >= 0.3 is 0 Å². The number of fused-ring (bicyclic) bond motifs is 1. The van der Waals surface area contributed by atoms with Gasteiger partial charge in [-0.2, -0.15) is 5.10 Å². The molecule has 3 aliphatic rings. The van der Waals surface area contributed by atoms with Gasteiger partial charge in [-0.25, -0.2) is 0 Å². The van der Waals surface area contributed by atoms with Crippen molar-refractivity contribution in [2.45, 2.75) is 56.5 Å². The van der Waals surface area contributed by atoms with Gasteiger partial charge in [0.05, 0.1) is 11.6 Å². The molecular formula is C29H32N4O4. The number of para-hydroxylation sites is 1. The van der Waals surface area contributed by atoms with Crippen LogP contribution in [0.25, 0.3) is 10.9 Å². The van der Waals surface area contributed by atoms with Gasteiger partial charge in [-0.3, -0.25) is 24.4 Å². The molecule has 1 aromatic heterocycles. The number of piperidine rings is 2. The van der Waals surface area contributed by atoms with Crippen molar-refractivity contribution in [3.8, 4) is 5.75 Å². The molecule has 1 unspecified atom stereocenters. The second-order valence-electron chi connectivity index (χ2n) is 10.6. The molecule has 2 aliphatic heterocycles. The zero-order chi connectivity index (χ0) is 25.5. The van der Waals surface area contributed by atoms with E-state index < -0.39 is 5.92 Å². The van der Waals surface area contributed by atoms with Gasteiger partial charge in [0.2, 0.25) is 17.7 Å². The maximum Gasteiger partial charge on any atom is 0.235 e. The molecule has 8 heteroatoms. The van der Waals surface area contributed by atoms with Gasteiger partial charge < -0.3 is 9.64 Å². The lowest BCUT2D eigenvalue weighted by atomic mass is 9.70. The summed E-state index contributed by atoms with van der Waals surface area (Å²) in [4.78, 5) is 39.1. The second kappa shape index (κ2) is 9.65. The number of imide groups is 1. The molecule has 1 aliphatic carbocycles. The first-order valence-corrected chi connectivity index (χ1v) is 13.3. The maximum atomic E-state index is 13.1. The summed E-state index contributed by atoms with van der Waals surface area (Å²) in [5, 5.41) is 7.96. The van der Waals surface area contributed by atoms with Crippen molar-refractivity contribution in [2.75, 3.05) is 13.1 Å². The Hall–Kier alpha value is -3.68. The summed E-state index contributed by atoms with van der Waals surface area (Å²) in [6.45, 7) is 1.41. The van der Waals surface area contributed by atoms with Crippen molar-refractivity contribution >= 4 is 28.6 Å². The van der Waals surface area contributed by atoms with Gasteiger partial charge in [0.1, 0.15) is 17.4 Å². The van der Waals surface area contributed by atoms with E-state index >= 15 is 0 Å². The number of likely N-dealkylation sites (tertiary alicyclic amines) is 1. The highest BCUT2D eigenvalue weighted by atomic mass is 16.5. The number of rotatable bonds is 5. The van der Waals surface area contributed by atoms with E-state index in [0.717, 1.165) is 42.3 Å². The predicted molar refractivity (Wildman–Crippen MR) is 138 cm³/mol. The minimum Gasteiger partial charge on any atom is -0.488 e. The van der Waals surface area contributed by atoms with E-state index in [1.54, 1.807) is 4.68 Å². The van der Waals surface area contributed by atoms with E-state index in [9.17, 15) is 14.4 Å². The van der Waals surface area contributed by atoms with Crippen molar-refractivity contribution in [1.82, 2.24) is 20.0 Å². The molecule has 0 spiro atoms. The van der Waals surface area contributed by atoms with Crippen LogP contribution in [0.15, 0.2) is 48.5 Å². The first-order chi connectivity index (χ1) is 18.0. The zero-order valence-corrected chi connectivity index (χ0v) is 21.1. The molecule has 3 fully saturated rings. The molecule has 0 radical (unpaired) electrons. The van der Waals surface area contributed by atoms with Gasteiger partial charge in [-0.15, -0.1) is 0 Å². The maximum absolute atomic E-state index is 13.1. The minimum atomic E-state index is -0.445. The second-order valence-corrected chi connectivity index (χ2v) is 10.6. The summed E-state index contributed by atoms with van der Waals surface area (Å²) >= 11 is 0. The number of nitrogens with one attached hydrogen (secondary N) is 1. The first kappa shape index (κ1) is 23.7. The lowest BCUT2D eigenvalue weighted by Gasteiger charge is -2.40. The van der Waals surface area contributed by atoms with Crippen LogP contribution in [-0.2, 0) is 21.4 Å². The zero-order valence-electron chi connectivity index (χ0n) is 21.1. The van der Waals surface area contributed by atoms with Gasteiger partial charge in [-0.05, 0) is 36.8 Å². The summed E-state index contributed by atoms with van der Waals surface area (Å²) in [7, 11) is 1.85. The third kappa shape index (κ3) is 4.49. The van der Waals surface area contributed by atoms with Crippen molar-refractivity contribution in [3.63, 3.8) is 0 Å². The number of hydrogen-bond acceptors (Lipinski definition) is 5. The Labute approximate surface area is 216 Å². The number of amides is 3. The highest BCUT2D eigenvalue weighted by molar-refractivity contribution is 6.03. The Bertz CT molecular complexity index is 1340. The quantitative estimate of drug-likeness (QED) is 0.540. The summed E-state index contributed by atoms with van der Waals surface area (Å²) < 4.78 is 8.21. The average Bonchev–Trinajstić information content (AvgIpc) is 3.21. The Morgan fingerprint density at radius 3 is 2.49 bits per heavy atom. The van der Waals surface area contributed by atoms with Crippen LogP contribution >= 0.6 is 0 Å². The fourth-order valence-corrected chi connectivity index (χ4v) is 6.08. The normalized spacial score (nSPS) is 24.6. The number of ether oxygens (including phenoxy) is 1. The predicted octanol–water partition coefficient (Wildman–Crippen LogP) is 3.66. The minimum absolute atomic E-state index is 0.0158. The van der Waals surface area contributed by atoms with Crippen LogP contribution < -0.4 is 10.1 Å². The molecule has 6 rings (SSSR count). The molecule has 2 saturated heterocycles. The van der Waals surface area contributed by atoms with Gasteiger partial charge in [0.15, 0.2) is 0 Å². The largest absolute Gasteiger partial charge is 0.488 e. The third-order valence-corrected chi connectivity index (χ3v) is 8.23. The van der Waals surface area contributed by atoms with E-state index in [4.69, 9.17) is 4.74 Å². The number of carbonyl (C=O) groups excluding carboxylic acids is 3. The molecule has 3 aromatic rings. The van der Waals surface area contributed by atoms with Gasteiger partial charge in [0.25, 0.3) is 0 Å². The van der Waals surface area contributed by atoms with Crippen molar-refractivity contribution < 1.29 is 19.1 Å². The van der Waals surface area contributed by atoms with Gasteiger partial charge in [0, 0.05) is 50.7 Å². The van der Waals surface area contributed by atoms with Crippen LogP contribution in [-0.4, -0.2) is 51.6 Å². The molecule has 3 heterocycles. The Morgan fingerprint density at radius 2 is 1.76 bits per heavy atom. The first-order valence-electron chi connectivity index (χ1n) is 13.3. The molecule has 3 amide bonds. The summed E-state index contributed by atoms with van der Waals surface area (Å²) in [6.07, 6.45) is 4.25. The number of benzene rings is 2. The van der Waals surface area contributed by atoms with E-state index in [-0.39, 0.29) is 29.7 Å². The van der Waals surface area contributed by atoms with Crippen LogP contribution in [0.3, 0.4) is 0 Å². The van der Waals surface area contributed by atoms with Gasteiger partial charge in [-0.1, -0.05) is 42.5 Å². The SMILES string of the molecule is Cn1nc(C2CCC(=O)NC2=O)c2cccc(OC3CCN(C(=O)C4CC(c5ccccc5)C4)CC3)c21. The lowest BCUT2D eigenvalue weighted by Crippen LogP contribution is -2.46. The topological polar surface area (TPSA) is 93.5 Å². The van der Waals surface area contributed by atoms with Crippen LogP contribution in [0.4, 0.5) is 0 Å². The Balaban J connectivity index is 1.08. The van der Waals surface area contributed by atoms with Crippen LogP contribution in [0.5, 0.6) is 5.75 Å². The van der Waals surface area contributed by atoms with Crippen molar-refractivity contribution in [2.24, 2.45) is 13.0 Å². The standard InChI is InChI=1S/C29H32N4O4/c1-32-27-22(26(31-32)23-10-11-25(34)30-28(23)35)8-5-9-24(27)37-21-12-14-33(15-13-21)29(36)20-16-19(17-20)18-6-3-2-4-7-18/h2-9,19-21,23H,10-17H2,1H3,(H,30,34,35). The van der Waals surface area contributed by atoms with E-state index in [1.807, 2.05) is 36.2 Å². The average molecular weight is 501 g/mol. The Morgan fingerprint density at radius 1 is 1.00 bits per heavy atom. The molecule has 8 nitrogen and oxygen atoms in total. The highest BCUT2D eigenvalue weighted by Crippen LogP contribution is 2.43. The van der Waals surface area contributed by atoms with E-state index in [0.29, 0.717) is 37.5 Å². The summed E-state index contributed by atoms with van der Waals surface area (Å²) in [5.41, 5.74) is 2.87. The van der Waals surface area contributed by atoms with Crippen LogP contribution in [0.1, 0.15) is 61.6 Å². The van der Waals surface area contributed by atoms with Crippen LogP contribution in [0.2, 0.25) is 0 Å². The monoisotopic (exact) mass is 500 g/mol. The number of aromatic nitrogens is 2. The van der Waals surface area contributed by atoms with E-state index in [2.05, 4.69) is 34.7 Å². The fraction of sp³-hybridized carbons (Fsp3) is 0.448. The smallest absolute Gasteiger partial charge is 0.235 e. The Kier molecular flexibility index (Phi) is 6.18. The molecule has 1 N–H and O–H groups in total. The summed E-state index contributed by atoms with van der Waals surface area (Å²) in [5.74, 6) is 0.689. The fourth-order valence-electron chi connectivity index (χ4n) is 6.08. The van der Waals surface area contributed by atoms with E-state index in [1.165, 1.54) is 5.56 Å². The summed E-state index contributed by atoms with van der Waals surface area (Å²) in [6, 6.07) is 16.3. The molecule has 37 heavy (non-hydrogen) atoms. The van der Waals surface area contributed by atoms with Crippen molar-refractivity contribution in [1.29, 1.82) is 0 Å². The lowest BCUT2D eigenvalue weighted by molar-refractivity contribution is -0.140. The third-order valence-electron chi connectivity index (χ3n) is 8.23. The van der Waals surface area contributed by atoms with Crippen LogP contribution in [0, 0.1) is 5.92 Å². The number of aryl methyl sites for hydroxylation is 1. The number of nitrogens with zero attached hydrogens (tertiary/aromatic N) is 3. The molecule has 192 valence electrons. The highest BCUT2D eigenvalue weighted by Gasteiger charge is 2.38. The number of hydrogen-bond donors (Lipinski definition) is 1. The molecule has 1 atom stereocenters.